The third-order valence-corrected chi connectivity index (χ3v) is 4.85. The van der Waals surface area contributed by atoms with Crippen LogP contribution in [-0.4, -0.2) is 37.2 Å². The van der Waals surface area contributed by atoms with Gasteiger partial charge in [-0.15, -0.1) is 0 Å². The molecule has 0 aromatic heterocycles. The minimum atomic E-state index is -0.243. The lowest BCUT2D eigenvalue weighted by Crippen LogP contribution is -2.51. The highest BCUT2D eigenvalue weighted by Crippen LogP contribution is 2.42. The standard InChI is InChI=1S/C16H21FN2O2/c1-19(21-2)16(20)15-13(9-12-7-8-14(15)18-12)10-3-5-11(17)6-4-10/h3-6,12-15,18H,7-9H2,1-2H3/t12?,13-,14?,15-/m0/s1. The van der Waals surface area contributed by atoms with Gasteiger partial charge < -0.3 is 5.32 Å². The van der Waals surface area contributed by atoms with Gasteiger partial charge >= 0.3 is 0 Å². The molecule has 4 nitrogen and oxygen atoms in total. The summed E-state index contributed by atoms with van der Waals surface area (Å²) in [5, 5.41) is 4.84. The summed E-state index contributed by atoms with van der Waals surface area (Å²) < 4.78 is 13.2. The third kappa shape index (κ3) is 2.68. The second kappa shape index (κ2) is 5.73. The van der Waals surface area contributed by atoms with Gasteiger partial charge in [-0.25, -0.2) is 9.45 Å². The van der Waals surface area contributed by atoms with Crippen LogP contribution in [0.25, 0.3) is 0 Å². The molecule has 0 spiro atoms. The number of rotatable bonds is 3. The van der Waals surface area contributed by atoms with Crippen LogP contribution in [0, 0.1) is 11.7 Å². The van der Waals surface area contributed by atoms with Crippen molar-refractivity contribution in [3.05, 3.63) is 35.6 Å². The average molecular weight is 292 g/mol. The summed E-state index contributed by atoms with van der Waals surface area (Å²) >= 11 is 0. The number of carbonyl (C=O) groups is 1. The fourth-order valence-electron chi connectivity index (χ4n) is 3.75. The molecular formula is C16H21FN2O2. The van der Waals surface area contributed by atoms with E-state index in [2.05, 4.69) is 5.32 Å². The summed E-state index contributed by atoms with van der Waals surface area (Å²) in [5.41, 5.74) is 1.04. The minimum Gasteiger partial charge on any atom is -0.310 e. The molecule has 2 saturated heterocycles. The highest BCUT2D eigenvalue weighted by atomic mass is 19.1. The zero-order valence-corrected chi connectivity index (χ0v) is 12.4. The number of benzene rings is 1. The number of amides is 1. The maximum atomic E-state index is 13.2. The second-order valence-corrected chi connectivity index (χ2v) is 5.99. The SMILES string of the molecule is CON(C)C(=O)[C@@H]1C2CCC(C[C@H]1c1ccc(F)cc1)N2. The molecule has 2 heterocycles. The summed E-state index contributed by atoms with van der Waals surface area (Å²) in [5.74, 6) is -0.286. The summed E-state index contributed by atoms with van der Waals surface area (Å²) in [6.45, 7) is 0. The first-order chi connectivity index (χ1) is 10.1. The maximum Gasteiger partial charge on any atom is 0.251 e. The summed E-state index contributed by atoms with van der Waals surface area (Å²) in [7, 11) is 3.14. The molecule has 4 atom stereocenters. The highest BCUT2D eigenvalue weighted by Gasteiger charge is 2.46. The van der Waals surface area contributed by atoms with Gasteiger partial charge in [0.05, 0.1) is 13.0 Å². The van der Waals surface area contributed by atoms with E-state index in [1.807, 2.05) is 0 Å². The Hall–Kier alpha value is -1.46. The van der Waals surface area contributed by atoms with Crippen LogP contribution in [0.2, 0.25) is 0 Å². The minimum absolute atomic E-state index is 0.00956. The number of nitrogens with zero attached hydrogens (tertiary/aromatic N) is 1. The van der Waals surface area contributed by atoms with Crippen LogP contribution in [0.4, 0.5) is 4.39 Å². The summed E-state index contributed by atoms with van der Waals surface area (Å²) in [6.07, 6.45) is 3.02. The Kier molecular flexibility index (Phi) is 3.95. The van der Waals surface area contributed by atoms with Crippen LogP contribution in [0.5, 0.6) is 0 Å². The number of hydrogen-bond acceptors (Lipinski definition) is 3. The van der Waals surface area contributed by atoms with Crippen molar-refractivity contribution < 1.29 is 14.0 Å². The molecule has 1 aromatic carbocycles. The molecule has 2 unspecified atom stereocenters. The fraction of sp³-hybridized carbons (Fsp3) is 0.562. The zero-order valence-electron chi connectivity index (χ0n) is 12.4. The molecule has 0 saturated carbocycles. The summed E-state index contributed by atoms with van der Waals surface area (Å²) in [6, 6.07) is 7.20. The molecule has 0 aliphatic carbocycles. The van der Waals surface area contributed by atoms with E-state index < -0.39 is 0 Å². The van der Waals surface area contributed by atoms with E-state index in [4.69, 9.17) is 4.84 Å². The van der Waals surface area contributed by atoms with E-state index >= 15 is 0 Å². The Morgan fingerprint density at radius 3 is 2.71 bits per heavy atom. The number of halogens is 1. The molecule has 2 bridgehead atoms. The van der Waals surface area contributed by atoms with E-state index in [9.17, 15) is 9.18 Å². The molecule has 1 amide bonds. The molecule has 1 N–H and O–H groups in total. The van der Waals surface area contributed by atoms with Gasteiger partial charge in [-0.1, -0.05) is 12.1 Å². The smallest absolute Gasteiger partial charge is 0.251 e. The van der Waals surface area contributed by atoms with Crippen molar-refractivity contribution in [1.82, 2.24) is 10.4 Å². The highest BCUT2D eigenvalue weighted by molar-refractivity contribution is 5.80. The number of carbonyl (C=O) groups excluding carboxylic acids is 1. The van der Waals surface area contributed by atoms with Crippen molar-refractivity contribution in [2.45, 2.75) is 37.3 Å². The molecule has 3 rings (SSSR count). The molecule has 2 aliphatic heterocycles. The number of hydroxylamine groups is 2. The van der Waals surface area contributed by atoms with Gasteiger partial charge in [0.15, 0.2) is 0 Å². The van der Waals surface area contributed by atoms with Crippen molar-refractivity contribution in [3.8, 4) is 0 Å². The second-order valence-electron chi connectivity index (χ2n) is 5.99. The van der Waals surface area contributed by atoms with Crippen molar-refractivity contribution in [3.63, 3.8) is 0 Å². The number of nitrogens with one attached hydrogen (secondary N) is 1. The predicted molar refractivity (Wildman–Crippen MR) is 77.0 cm³/mol. The van der Waals surface area contributed by atoms with Gasteiger partial charge in [0.25, 0.3) is 5.91 Å². The Balaban J connectivity index is 1.91. The first kappa shape index (κ1) is 14.5. The average Bonchev–Trinajstić information content (AvgIpc) is 2.88. The quantitative estimate of drug-likeness (QED) is 0.867. The first-order valence-corrected chi connectivity index (χ1v) is 7.43. The first-order valence-electron chi connectivity index (χ1n) is 7.43. The topological polar surface area (TPSA) is 41.6 Å². The largest absolute Gasteiger partial charge is 0.310 e. The molecule has 114 valence electrons. The normalized spacial score (nSPS) is 31.2. The monoisotopic (exact) mass is 292 g/mol. The Bertz CT molecular complexity index is 520. The predicted octanol–water partition coefficient (Wildman–Crippen LogP) is 2.07. The van der Waals surface area contributed by atoms with Crippen LogP contribution in [0.1, 0.15) is 30.7 Å². The van der Waals surface area contributed by atoms with Gasteiger partial charge in [0.2, 0.25) is 0 Å². The lowest BCUT2D eigenvalue weighted by atomic mass is 9.76. The van der Waals surface area contributed by atoms with Gasteiger partial charge in [-0.2, -0.15) is 0 Å². The van der Waals surface area contributed by atoms with E-state index in [1.165, 1.54) is 24.3 Å². The van der Waals surface area contributed by atoms with Gasteiger partial charge in [0.1, 0.15) is 5.82 Å². The fourth-order valence-corrected chi connectivity index (χ4v) is 3.75. The zero-order chi connectivity index (χ0) is 15.0. The van der Waals surface area contributed by atoms with Gasteiger partial charge in [0, 0.05) is 19.1 Å². The van der Waals surface area contributed by atoms with E-state index in [1.54, 1.807) is 19.2 Å². The number of piperidine rings is 1. The van der Waals surface area contributed by atoms with Crippen molar-refractivity contribution in [2.75, 3.05) is 14.2 Å². The van der Waals surface area contributed by atoms with Crippen molar-refractivity contribution in [2.24, 2.45) is 5.92 Å². The van der Waals surface area contributed by atoms with Crippen molar-refractivity contribution in [1.29, 1.82) is 0 Å². The van der Waals surface area contributed by atoms with Crippen molar-refractivity contribution >= 4 is 5.91 Å². The molecule has 1 aromatic rings. The Morgan fingerprint density at radius 2 is 2.05 bits per heavy atom. The third-order valence-electron chi connectivity index (χ3n) is 4.85. The van der Waals surface area contributed by atoms with E-state index in [0.717, 1.165) is 24.8 Å². The molecule has 5 heteroatoms. The van der Waals surface area contributed by atoms with Gasteiger partial charge in [-0.05, 0) is 42.9 Å². The Labute approximate surface area is 124 Å². The van der Waals surface area contributed by atoms with Crippen LogP contribution >= 0.6 is 0 Å². The molecule has 0 radical (unpaired) electrons. The van der Waals surface area contributed by atoms with Crippen LogP contribution < -0.4 is 5.32 Å². The van der Waals surface area contributed by atoms with Crippen LogP contribution in [-0.2, 0) is 9.63 Å². The van der Waals surface area contributed by atoms with Gasteiger partial charge in [-0.3, -0.25) is 9.63 Å². The number of hydrogen-bond donors (Lipinski definition) is 1. The molecule has 2 fully saturated rings. The molecule has 21 heavy (non-hydrogen) atoms. The van der Waals surface area contributed by atoms with Crippen LogP contribution in [0.3, 0.4) is 0 Å². The Morgan fingerprint density at radius 1 is 1.33 bits per heavy atom. The lowest BCUT2D eigenvalue weighted by Gasteiger charge is -2.38. The lowest BCUT2D eigenvalue weighted by molar-refractivity contribution is -0.175. The van der Waals surface area contributed by atoms with E-state index in [0.29, 0.717) is 6.04 Å². The summed E-state index contributed by atoms with van der Waals surface area (Å²) in [4.78, 5) is 17.7. The van der Waals surface area contributed by atoms with E-state index in [-0.39, 0.29) is 29.6 Å². The molecular weight excluding hydrogens is 271 g/mol. The van der Waals surface area contributed by atoms with Crippen LogP contribution in [0.15, 0.2) is 24.3 Å². The number of fused-ring (bicyclic) bond motifs is 2. The maximum absolute atomic E-state index is 13.2. The molecule has 2 aliphatic rings.